The molecule has 0 amide bonds. The molecule has 2 aliphatic rings. The maximum Gasteiger partial charge on any atom is 0.337 e. The first-order valence-corrected chi connectivity index (χ1v) is 9.39. The second kappa shape index (κ2) is 9.11. The van der Waals surface area contributed by atoms with Crippen LogP contribution in [0.15, 0.2) is 71.0 Å². The molecular weight excluding hydrogens is 366 g/mol. The smallest absolute Gasteiger partial charge is 0.337 e. The van der Waals surface area contributed by atoms with Crippen LogP contribution >= 0.6 is 0 Å². The van der Waals surface area contributed by atoms with Crippen LogP contribution in [0.5, 0.6) is 0 Å². The summed E-state index contributed by atoms with van der Waals surface area (Å²) in [7, 11) is 2.63. The Hall–Kier alpha value is -3.52. The van der Waals surface area contributed by atoms with Crippen LogP contribution in [0.4, 0.5) is 0 Å². The molecule has 1 aromatic carbocycles. The van der Waals surface area contributed by atoms with E-state index in [0.29, 0.717) is 17.0 Å². The number of carbonyl (C=O) groups is 2. The lowest BCUT2D eigenvalue weighted by atomic mass is 9.83. The Morgan fingerprint density at radius 1 is 1.03 bits per heavy atom. The van der Waals surface area contributed by atoms with E-state index in [1.165, 1.54) is 14.2 Å². The van der Waals surface area contributed by atoms with Crippen molar-refractivity contribution in [1.82, 2.24) is 5.32 Å². The van der Waals surface area contributed by atoms with Crippen LogP contribution in [0, 0.1) is 17.8 Å². The van der Waals surface area contributed by atoms with Gasteiger partial charge in [0, 0.05) is 11.3 Å². The predicted octanol–water partition coefficient (Wildman–Crippen LogP) is 3.52. The molecule has 0 saturated carbocycles. The van der Waals surface area contributed by atoms with Crippen LogP contribution in [0.2, 0.25) is 0 Å². The van der Waals surface area contributed by atoms with Crippen molar-refractivity contribution in [1.29, 1.82) is 0 Å². The van der Waals surface area contributed by atoms with Crippen LogP contribution in [-0.2, 0) is 19.1 Å². The Morgan fingerprint density at radius 2 is 1.72 bits per heavy atom. The molecule has 0 bridgehead atoms. The fourth-order valence-corrected chi connectivity index (χ4v) is 3.38. The highest BCUT2D eigenvalue weighted by Crippen LogP contribution is 2.35. The van der Waals surface area contributed by atoms with E-state index in [0.717, 1.165) is 24.0 Å². The van der Waals surface area contributed by atoms with Gasteiger partial charge in [-0.3, -0.25) is 0 Å². The van der Waals surface area contributed by atoms with E-state index >= 15 is 0 Å². The Bertz CT molecular complexity index is 1000. The molecule has 0 spiro atoms. The van der Waals surface area contributed by atoms with Crippen LogP contribution in [0.25, 0.3) is 5.70 Å². The maximum atomic E-state index is 12.8. The fraction of sp³-hybridized carbons (Fsp3) is 0.250. The Morgan fingerprint density at radius 3 is 2.34 bits per heavy atom. The zero-order valence-corrected chi connectivity index (χ0v) is 16.7. The topological polar surface area (TPSA) is 64.6 Å². The molecule has 148 valence electrons. The number of esters is 2. The number of carbonyl (C=O) groups excluding carboxylic acids is 2. The first-order chi connectivity index (χ1) is 14.1. The summed E-state index contributed by atoms with van der Waals surface area (Å²) in [6, 6.07) is 9.43. The molecule has 1 unspecified atom stereocenters. The average molecular weight is 389 g/mol. The standard InChI is InChI=1S/C24H23NO4/c1-16-20(23(26)28-2)19(15-14-17-10-6-4-7-11-17)21(24(27)29-3)22(25-16)18-12-8-5-9-13-18/h5-6,8-13,19,25H,4,7H2,1-3H3. The van der Waals surface area contributed by atoms with Crippen LogP contribution < -0.4 is 5.32 Å². The van der Waals surface area contributed by atoms with Crippen molar-refractivity contribution in [3.8, 4) is 11.8 Å². The number of rotatable bonds is 3. The van der Waals surface area contributed by atoms with Gasteiger partial charge in [0.1, 0.15) is 0 Å². The summed E-state index contributed by atoms with van der Waals surface area (Å²) in [6.07, 6.45) is 7.95. The van der Waals surface area contributed by atoms with Gasteiger partial charge >= 0.3 is 11.9 Å². The van der Waals surface area contributed by atoms with Crippen molar-refractivity contribution < 1.29 is 19.1 Å². The largest absolute Gasteiger partial charge is 0.466 e. The molecule has 1 atom stereocenters. The molecule has 5 nitrogen and oxygen atoms in total. The molecule has 29 heavy (non-hydrogen) atoms. The summed E-state index contributed by atoms with van der Waals surface area (Å²) in [5.41, 5.74) is 3.44. The highest BCUT2D eigenvalue weighted by atomic mass is 16.5. The SMILES string of the molecule is COC(=O)C1=C(C)NC(c2ccccc2)=C(C(=O)OC)C1C#CC1=CCCC=C1. The van der Waals surface area contributed by atoms with E-state index in [1.54, 1.807) is 6.92 Å². The van der Waals surface area contributed by atoms with Gasteiger partial charge in [-0.1, -0.05) is 60.4 Å². The minimum atomic E-state index is -0.775. The first kappa shape index (κ1) is 20.2. The monoisotopic (exact) mass is 389 g/mol. The second-order valence-electron chi connectivity index (χ2n) is 6.64. The van der Waals surface area contributed by atoms with E-state index in [-0.39, 0.29) is 5.57 Å². The third kappa shape index (κ3) is 4.33. The number of methoxy groups -OCH3 is 2. The Balaban J connectivity index is 2.20. The number of ether oxygens (including phenoxy) is 2. The lowest BCUT2D eigenvalue weighted by Crippen LogP contribution is -2.32. The molecule has 0 aromatic heterocycles. The summed E-state index contributed by atoms with van der Waals surface area (Å²) in [4.78, 5) is 25.3. The fourth-order valence-electron chi connectivity index (χ4n) is 3.38. The van der Waals surface area contributed by atoms with Gasteiger partial charge in [-0.25, -0.2) is 9.59 Å². The second-order valence-corrected chi connectivity index (χ2v) is 6.64. The third-order valence-corrected chi connectivity index (χ3v) is 4.79. The summed E-state index contributed by atoms with van der Waals surface area (Å²) in [5.74, 6) is 4.39. The molecule has 1 N–H and O–H groups in total. The Kier molecular flexibility index (Phi) is 6.36. The van der Waals surface area contributed by atoms with Gasteiger partial charge in [0.2, 0.25) is 0 Å². The molecule has 1 heterocycles. The van der Waals surface area contributed by atoms with E-state index in [1.807, 2.05) is 42.5 Å². The normalized spacial score (nSPS) is 18.3. The van der Waals surface area contributed by atoms with Crippen LogP contribution in [-0.4, -0.2) is 26.2 Å². The van der Waals surface area contributed by atoms with Crippen molar-refractivity contribution in [3.05, 3.63) is 76.5 Å². The predicted molar refractivity (Wildman–Crippen MR) is 111 cm³/mol. The highest BCUT2D eigenvalue weighted by molar-refractivity contribution is 6.04. The Labute approximate surface area is 170 Å². The van der Waals surface area contributed by atoms with Gasteiger partial charge in [-0.05, 0) is 25.3 Å². The van der Waals surface area contributed by atoms with Gasteiger partial charge in [-0.2, -0.15) is 0 Å². The molecule has 0 saturated heterocycles. The quantitative estimate of drug-likeness (QED) is 0.633. The molecule has 0 radical (unpaired) electrons. The van der Waals surface area contributed by atoms with Gasteiger partial charge in [0.05, 0.1) is 37.0 Å². The van der Waals surface area contributed by atoms with E-state index in [4.69, 9.17) is 9.47 Å². The number of hydrogen-bond acceptors (Lipinski definition) is 5. The van der Waals surface area contributed by atoms with Crippen molar-refractivity contribution in [3.63, 3.8) is 0 Å². The molecule has 3 rings (SSSR count). The van der Waals surface area contributed by atoms with Crippen molar-refractivity contribution in [2.75, 3.05) is 14.2 Å². The minimum absolute atomic E-state index is 0.289. The third-order valence-electron chi connectivity index (χ3n) is 4.79. The van der Waals surface area contributed by atoms with Crippen molar-refractivity contribution in [2.24, 2.45) is 5.92 Å². The van der Waals surface area contributed by atoms with Gasteiger partial charge in [-0.15, -0.1) is 0 Å². The summed E-state index contributed by atoms with van der Waals surface area (Å²) in [6.45, 7) is 1.78. The van der Waals surface area contributed by atoms with Crippen molar-refractivity contribution in [2.45, 2.75) is 19.8 Å². The number of hydrogen-bond donors (Lipinski definition) is 1. The molecule has 1 aliphatic carbocycles. The highest BCUT2D eigenvalue weighted by Gasteiger charge is 2.37. The lowest BCUT2D eigenvalue weighted by molar-refractivity contribution is -0.137. The minimum Gasteiger partial charge on any atom is -0.466 e. The lowest BCUT2D eigenvalue weighted by Gasteiger charge is -2.28. The van der Waals surface area contributed by atoms with Crippen molar-refractivity contribution >= 4 is 17.6 Å². The van der Waals surface area contributed by atoms with Crippen LogP contribution in [0.1, 0.15) is 25.3 Å². The van der Waals surface area contributed by atoms with E-state index in [2.05, 4.69) is 23.2 Å². The zero-order chi connectivity index (χ0) is 20.8. The maximum absolute atomic E-state index is 12.8. The number of dihydropyridines is 1. The van der Waals surface area contributed by atoms with Crippen LogP contribution in [0.3, 0.4) is 0 Å². The van der Waals surface area contributed by atoms with Gasteiger partial charge < -0.3 is 14.8 Å². The van der Waals surface area contributed by atoms with Gasteiger partial charge in [0.25, 0.3) is 0 Å². The van der Waals surface area contributed by atoms with Gasteiger partial charge in [0.15, 0.2) is 0 Å². The zero-order valence-electron chi connectivity index (χ0n) is 16.7. The first-order valence-electron chi connectivity index (χ1n) is 9.39. The number of nitrogens with one attached hydrogen (secondary N) is 1. The summed E-state index contributed by atoms with van der Waals surface area (Å²) < 4.78 is 10.0. The average Bonchev–Trinajstić information content (AvgIpc) is 2.77. The van der Waals surface area contributed by atoms with E-state index in [9.17, 15) is 9.59 Å². The molecule has 5 heteroatoms. The summed E-state index contributed by atoms with van der Waals surface area (Å²) >= 11 is 0. The molecule has 1 aliphatic heterocycles. The molecule has 1 aromatic rings. The van der Waals surface area contributed by atoms with E-state index < -0.39 is 17.9 Å². The number of benzene rings is 1. The summed E-state index contributed by atoms with van der Waals surface area (Å²) in [5, 5.41) is 3.19. The molecule has 0 fully saturated rings. The molecular formula is C24H23NO4. The number of allylic oxidation sites excluding steroid dienone is 5.